The van der Waals surface area contributed by atoms with Gasteiger partial charge in [-0.3, -0.25) is 11.2 Å². The summed E-state index contributed by atoms with van der Waals surface area (Å²) < 4.78 is 0.382. The van der Waals surface area contributed by atoms with Crippen LogP contribution in [0.4, 0.5) is 0 Å². The number of nitrogens with two attached hydrogens (primary N) is 1. The molecule has 2 nitrogen and oxygen atoms in total. The van der Waals surface area contributed by atoms with Gasteiger partial charge in [-0.05, 0) is 0 Å². The van der Waals surface area contributed by atoms with Crippen LogP contribution in [-0.2, 0) is 0 Å². The summed E-state index contributed by atoms with van der Waals surface area (Å²) in [5, 5.41) is 2.51. The minimum atomic E-state index is 0.382. The fourth-order valence-corrected chi connectivity index (χ4v) is 0. The van der Waals surface area contributed by atoms with Gasteiger partial charge in [0.1, 0.15) is 0 Å². The Balaban J connectivity index is 2.54. The zero-order valence-corrected chi connectivity index (χ0v) is 5.19. The number of hydrogen-bond acceptors (Lipinski definition) is 2. The van der Waals surface area contributed by atoms with Crippen LogP contribution in [0.1, 0.15) is 0 Å². The number of hydrogen-bond donors (Lipinski definition) is 2. The largest absolute Gasteiger partial charge is 0.305 e. The highest BCUT2D eigenvalue weighted by molar-refractivity contribution is 14.1. The topological polar surface area (TPSA) is 38.0 Å². The Morgan fingerprint density at radius 3 is 2.20 bits per heavy atom. The van der Waals surface area contributed by atoms with Gasteiger partial charge in [0.25, 0.3) is 0 Å². The Kier molecular flexibility index (Phi) is 3.35. The van der Waals surface area contributed by atoms with Gasteiger partial charge >= 0.3 is 4.70 Å². The number of rotatable bonds is 1. The molecule has 0 aliphatic carbocycles. The molecule has 0 aromatic heterocycles. The monoisotopic (exact) mass is 184 g/mol. The van der Waals surface area contributed by atoms with Crippen LogP contribution >= 0.6 is 22.4 Å². The predicted molar refractivity (Wildman–Crippen MR) is 33.0 cm³/mol. The van der Waals surface area contributed by atoms with E-state index in [0.717, 1.165) is 0 Å². The Morgan fingerprint density at radius 2 is 2.20 bits per heavy atom. The molecule has 0 heterocycles. The van der Waals surface area contributed by atoms with E-state index in [1.54, 1.807) is 0 Å². The first kappa shape index (κ1) is 5.71. The van der Waals surface area contributed by atoms with Crippen molar-refractivity contribution in [2.75, 3.05) is 0 Å². The van der Waals surface area contributed by atoms with Gasteiger partial charge in [0.15, 0.2) is 0 Å². The maximum atomic E-state index is 4.91. The van der Waals surface area contributed by atoms with Gasteiger partial charge in [-0.2, -0.15) is 0 Å². The predicted octanol–water partition coefficient (Wildman–Crippen LogP) is 0.00270. The van der Waals surface area contributed by atoms with Crippen molar-refractivity contribution < 1.29 is 0 Å². The summed E-state index contributed by atoms with van der Waals surface area (Å²) >= 11 is 2.17. The molecule has 0 saturated carbocycles. The fraction of sp³-hybridized carbons (Fsp3) is 1.00. The molecule has 0 aromatic carbocycles. The van der Waals surface area contributed by atoms with Crippen molar-refractivity contribution in [1.82, 2.24) is 5.34 Å². The van der Waals surface area contributed by atoms with E-state index in [-0.39, 0.29) is 0 Å². The molecular formula is CH6BIN2. The van der Waals surface area contributed by atoms with Crippen LogP contribution in [0, 0.1) is 0 Å². The van der Waals surface area contributed by atoms with Gasteiger partial charge < -0.3 is 0 Å². The lowest BCUT2D eigenvalue weighted by Crippen LogP contribution is -2.31. The maximum absolute atomic E-state index is 4.91. The van der Waals surface area contributed by atoms with Crippen molar-refractivity contribution in [3.63, 3.8) is 0 Å². The second kappa shape index (κ2) is 2.93. The van der Waals surface area contributed by atoms with Crippen LogP contribution in [0.15, 0.2) is 0 Å². The minimum Gasteiger partial charge on any atom is -0.288 e. The first-order valence-electron chi connectivity index (χ1n) is 1.37. The average molecular weight is 184 g/mol. The standard InChI is InChI=1S/CH6BIN2/c1-2(3)5-4/h5H,4H2,1H3. The smallest absolute Gasteiger partial charge is 0.288 e. The summed E-state index contributed by atoms with van der Waals surface area (Å²) in [5.41, 5.74) is 0. The Morgan fingerprint density at radius 1 is 2.00 bits per heavy atom. The molecule has 5 heavy (non-hydrogen) atoms. The molecule has 0 aliphatic rings. The van der Waals surface area contributed by atoms with Crippen LogP contribution in [-0.4, -0.2) is 4.70 Å². The summed E-state index contributed by atoms with van der Waals surface area (Å²) in [6.07, 6.45) is 0. The van der Waals surface area contributed by atoms with Crippen molar-refractivity contribution in [2.24, 2.45) is 5.84 Å². The van der Waals surface area contributed by atoms with Crippen molar-refractivity contribution in [2.45, 2.75) is 6.82 Å². The number of halogens is 1. The van der Waals surface area contributed by atoms with Crippen LogP contribution in [0.2, 0.25) is 6.82 Å². The molecule has 0 spiro atoms. The van der Waals surface area contributed by atoms with Gasteiger partial charge in [0.2, 0.25) is 0 Å². The van der Waals surface area contributed by atoms with Crippen molar-refractivity contribution >= 4 is 27.1 Å². The zero-order chi connectivity index (χ0) is 4.28. The summed E-state index contributed by atoms with van der Waals surface area (Å²) in [4.78, 5) is 0. The lowest BCUT2D eigenvalue weighted by molar-refractivity contribution is 1.08. The first-order chi connectivity index (χ1) is 2.27. The molecule has 0 aliphatic heterocycles. The molecular weight excluding hydrogens is 178 g/mol. The lowest BCUT2D eigenvalue weighted by Gasteiger charge is -1.87. The van der Waals surface area contributed by atoms with Gasteiger partial charge in [-0.1, -0.05) is 6.82 Å². The van der Waals surface area contributed by atoms with E-state index in [1.165, 1.54) is 0 Å². The summed E-state index contributed by atoms with van der Waals surface area (Å²) in [6.45, 7) is 1.97. The Hall–Kier alpha value is 0.715. The van der Waals surface area contributed by atoms with Crippen LogP contribution in [0.5, 0.6) is 0 Å². The minimum absolute atomic E-state index is 0.382. The van der Waals surface area contributed by atoms with Crippen molar-refractivity contribution in [1.29, 1.82) is 0 Å². The van der Waals surface area contributed by atoms with Crippen molar-refractivity contribution in [3.8, 4) is 0 Å². The average Bonchev–Trinajstić information content (AvgIpc) is 1.38. The Labute approximate surface area is 45.4 Å². The third-order valence-corrected chi connectivity index (χ3v) is 0.589. The van der Waals surface area contributed by atoms with Gasteiger partial charge in [0, 0.05) is 0 Å². The maximum Gasteiger partial charge on any atom is 0.305 e. The molecule has 0 aromatic rings. The number of hydrazine groups is 1. The van der Waals surface area contributed by atoms with E-state index in [9.17, 15) is 0 Å². The van der Waals surface area contributed by atoms with Crippen LogP contribution < -0.4 is 11.2 Å². The van der Waals surface area contributed by atoms with E-state index < -0.39 is 0 Å². The summed E-state index contributed by atoms with van der Waals surface area (Å²) in [7, 11) is 0. The highest BCUT2D eigenvalue weighted by atomic mass is 127. The Bertz CT molecular complexity index is 23.6. The van der Waals surface area contributed by atoms with Gasteiger partial charge in [-0.15, -0.1) is 22.4 Å². The fourth-order valence-electron chi connectivity index (χ4n) is 0. The van der Waals surface area contributed by atoms with E-state index in [2.05, 4.69) is 27.7 Å². The molecule has 30 valence electrons. The molecule has 0 saturated heterocycles. The van der Waals surface area contributed by atoms with Gasteiger partial charge in [-0.25, -0.2) is 0 Å². The molecule has 0 rings (SSSR count). The quantitative estimate of drug-likeness (QED) is 0.260. The highest BCUT2D eigenvalue weighted by Gasteiger charge is 1.89. The summed E-state index contributed by atoms with van der Waals surface area (Å²) in [5.74, 6) is 4.91. The molecule has 0 unspecified atom stereocenters. The number of nitrogens with one attached hydrogen (secondary N) is 1. The molecule has 0 atom stereocenters. The van der Waals surface area contributed by atoms with E-state index in [1.807, 2.05) is 6.82 Å². The SMILES string of the molecule is CB(I)NN. The van der Waals surface area contributed by atoms with E-state index in [4.69, 9.17) is 5.84 Å². The molecule has 3 N–H and O–H groups in total. The molecule has 0 radical (unpaired) electrons. The van der Waals surface area contributed by atoms with Crippen molar-refractivity contribution in [3.05, 3.63) is 0 Å². The second-order valence-electron chi connectivity index (χ2n) is 0.783. The van der Waals surface area contributed by atoms with Crippen LogP contribution in [0.25, 0.3) is 0 Å². The third kappa shape index (κ3) is 4.71. The van der Waals surface area contributed by atoms with Crippen LogP contribution in [0.3, 0.4) is 0 Å². The van der Waals surface area contributed by atoms with E-state index >= 15 is 0 Å². The zero-order valence-electron chi connectivity index (χ0n) is 3.03. The first-order valence-corrected chi connectivity index (χ1v) is 2.62. The molecule has 0 bridgehead atoms. The highest BCUT2D eigenvalue weighted by Crippen LogP contribution is 1.80. The lowest BCUT2D eigenvalue weighted by atomic mass is 10.0. The summed E-state index contributed by atoms with van der Waals surface area (Å²) in [6, 6.07) is 0. The molecule has 4 heteroatoms. The second-order valence-corrected chi connectivity index (χ2v) is 2.65. The molecule has 0 fully saturated rings. The van der Waals surface area contributed by atoms with Gasteiger partial charge in [0.05, 0.1) is 0 Å². The normalized spacial score (nSPS) is 7.80. The van der Waals surface area contributed by atoms with E-state index in [0.29, 0.717) is 4.70 Å². The molecule has 0 amide bonds. The third-order valence-electron chi connectivity index (χ3n) is 0.230.